The summed E-state index contributed by atoms with van der Waals surface area (Å²) in [5.41, 5.74) is 2.09. The molecule has 2 aromatic rings. The standard InChI is InChI=1S/C20H22N2O2/c1-15(2)22-19(23)18(13-16-9-5-3-6-10-16)21(20(22)24)14-17-11-7-4-8-12-17/h3-12,15,18H,13-14H2,1-2H3/t18-/m1/s1. The van der Waals surface area contributed by atoms with E-state index in [1.165, 1.54) is 4.90 Å². The second-order valence-electron chi connectivity index (χ2n) is 6.40. The van der Waals surface area contributed by atoms with Gasteiger partial charge in [-0.3, -0.25) is 9.69 Å². The number of carbonyl (C=O) groups is 2. The number of amides is 3. The van der Waals surface area contributed by atoms with Crippen LogP contribution in [0.4, 0.5) is 4.79 Å². The van der Waals surface area contributed by atoms with Gasteiger partial charge in [-0.1, -0.05) is 60.7 Å². The van der Waals surface area contributed by atoms with E-state index in [2.05, 4.69) is 0 Å². The molecule has 0 radical (unpaired) electrons. The molecule has 4 heteroatoms. The van der Waals surface area contributed by atoms with Crippen LogP contribution in [0.3, 0.4) is 0 Å². The fourth-order valence-corrected chi connectivity index (χ4v) is 3.13. The predicted octanol–water partition coefficient (Wildman–Crippen LogP) is 3.47. The lowest BCUT2D eigenvalue weighted by molar-refractivity contribution is -0.129. The Labute approximate surface area is 142 Å². The lowest BCUT2D eigenvalue weighted by Crippen LogP contribution is -2.37. The van der Waals surface area contributed by atoms with Crippen LogP contribution in [0, 0.1) is 0 Å². The zero-order valence-corrected chi connectivity index (χ0v) is 14.1. The molecule has 124 valence electrons. The first-order chi connectivity index (χ1) is 11.6. The maximum Gasteiger partial charge on any atom is 0.328 e. The first kappa shape index (κ1) is 16.2. The number of carbonyl (C=O) groups excluding carboxylic acids is 2. The van der Waals surface area contributed by atoms with Gasteiger partial charge in [0.05, 0.1) is 0 Å². The van der Waals surface area contributed by atoms with Crippen LogP contribution in [0.15, 0.2) is 60.7 Å². The molecule has 2 aromatic carbocycles. The minimum Gasteiger partial charge on any atom is -0.308 e. The van der Waals surface area contributed by atoms with Crippen molar-refractivity contribution in [3.05, 3.63) is 71.8 Å². The van der Waals surface area contributed by atoms with E-state index in [4.69, 9.17) is 0 Å². The molecule has 0 unspecified atom stereocenters. The molecule has 0 aliphatic carbocycles. The first-order valence-corrected chi connectivity index (χ1v) is 8.29. The highest BCUT2D eigenvalue weighted by molar-refractivity contribution is 6.04. The summed E-state index contributed by atoms with van der Waals surface area (Å²) in [6.45, 7) is 4.20. The van der Waals surface area contributed by atoms with Gasteiger partial charge >= 0.3 is 6.03 Å². The molecule has 1 saturated heterocycles. The molecule has 3 rings (SSSR count). The van der Waals surface area contributed by atoms with E-state index in [0.29, 0.717) is 13.0 Å². The van der Waals surface area contributed by atoms with Crippen molar-refractivity contribution in [3.8, 4) is 0 Å². The fourth-order valence-electron chi connectivity index (χ4n) is 3.13. The lowest BCUT2D eigenvalue weighted by Gasteiger charge is -2.22. The highest BCUT2D eigenvalue weighted by Crippen LogP contribution is 2.25. The third-order valence-electron chi connectivity index (χ3n) is 4.33. The highest BCUT2D eigenvalue weighted by atomic mass is 16.2. The van der Waals surface area contributed by atoms with Gasteiger partial charge in [-0.25, -0.2) is 4.79 Å². The van der Waals surface area contributed by atoms with Gasteiger partial charge in [0.15, 0.2) is 0 Å². The van der Waals surface area contributed by atoms with Gasteiger partial charge in [0.1, 0.15) is 6.04 Å². The summed E-state index contributed by atoms with van der Waals surface area (Å²) >= 11 is 0. The van der Waals surface area contributed by atoms with Gasteiger partial charge < -0.3 is 4.90 Å². The molecule has 0 bridgehead atoms. The summed E-state index contributed by atoms with van der Waals surface area (Å²) in [5, 5.41) is 0. The molecule has 1 aliphatic heterocycles. The van der Waals surface area contributed by atoms with Crippen molar-refractivity contribution in [3.63, 3.8) is 0 Å². The van der Waals surface area contributed by atoms with Crippen LogP contribution < -0.4 is 0 Å². The van der Waals surface area contributed by atoms with E-state index in [-0.39, 0.29) is 18.0 Å². The fraction of sp³-hybridized carbons (Fsp3) is 0.300. The van der Waals surface area contributed by atoms with Crippen molar-refractivity contribution in [2.75, 3.05) is 0 Å². The quantitative estimate of drug-likeness (QED) is 0.791. The lowest BCUT2D eigenvalue weighted by atomic mass is 10.0. The molecule has 1 heterocycles. The summed E-state index contributed by atoms with van der Waals surface area (Å²) in [6.07, 6.45) is 0.543. The van der Waals surface area contributed by atoms with Gasteiger partial charge in [-0.15, -0.1) is 0 Å². The van der Waals surface area contributed by atoms with Gasteiger partial charge in [-0.05, 0) is 25.0 Å². The molecule has 1 fully saturated rings. The minimum absolute atomic E-state index is 0.102. The number of hydrogen-bond acceptors (Lipinski definition) is 2. The van der Waals surface area contributed by atoms with Crippen molar-refractivity contribution in [1.29, 1.82) is 0 Å². The van der Waals surface area contributed by atoms with Crippen LogP contribution in [-0.2, 0) is 17.8 Å². The average molecular weight is 322 g/mol. The molecular weight excluding hydrogens is 300 g/mol. The zero-order valence-electron chi connectivity index (χ0n) is 14.1. The Morgan fingerprint density at radius 2 is 1.42 bits per heavy atom. The van der Waals surface area contributed by atoms with E-state index < -0.39 is 6.04 Å². The SMILES string of the molecule is CC(C)N1C(=O)[C@@H](Cc2ccccc2)N(Cc2ccccc2)C1=O. The molecule has 24 heavy (non-hydrogen) atoms. The highest BCUT2D eigenvalue weighted by Gasteiger charge is 2.45. The van der Waals surface area contributed by atoms with E-state index in [0.717, 1.165) is 11.1 Å². The molecule has 0 spiro atoms. The number of nitrogens with zero attached hydrogens (tertiary/aromatic N) is 2. The number of urea groups is 1. The van der Waals surface area contributed by atoms with Crippen molar-refractivity contribution >= 4 is 11.9 Å². The Bertz CT molecular complexity index is 653. The van der Waals surface area contributed by atoms with Crippen LogP contribution >= 0.6 is 0 Å². The largest absolute Gasteiger partial charge is 0.328 e. The predicted molar refractivity (Wildman–Crippen MR) is 93.3 cm³/mol. The molecule has 1 aliphatic rings. The second-order valence-corrected chi connectivity index (χ2v) is 6.40. The molecule has 4 nitrogen and oxygen atoms in total. The topological polar surface area (TPSA) is 40.6 Å². The molecular formula is C20H22N2O2. The van der Waals surface area contributed by atoms with Crippen molar-refractivity contribution in [2.45, 2.75) is 38.9 Å². The summed E-state index contributed by atoms with van der Waals surface area (Å²) in [4.78, 5) is 28.7. The molecule has 3 amide bonds. The third-order valence-corrected chi connectivity index (χ3v) is 4.33. The van der Waals surface area contributed by atoms with Gasteiger partial charge in [0.2, 0.25) is 0 Å². The Morgan fingerprint density at radius 1 is 0.875 bits per heavy atom. The second kappa shape index (κ2) is 6.87. The summed E-state index contributed by atoms with van der Waals surface area (Å²) in [5.74, 6) is -0.102. The normalized spacial score (nSPS) is 17.9. The van der Waals surface area contributed by atoms with Crippen LogP contribution in [-0.4, -0.2) is 33.8 Å². The Balaban J connectivity index is 1.89. The number of hydrogen-bond donors (Lipinski definition) is 0. The zero-order chi connectivity index (χ0) is 17.1. The average Bonchev–Trinajstić information content (AvgIpc) is 2.81. The number of rotatable bonds is 5. The van der Waals surface area contributed by atoms with Crippen molar-refractivity contribution < 1.29 is 9.59 Å². The van der Waals surface area contributed by atoms with Crippen LogP contribution in [0.5, 0.6) is 0 Å². The smallest absolute Gasteiger partial charge is 0.308 e. The van der Waals surface area contributed by atoms with Crippen LogP contribution in [0.2, 0.25) is 0 Å². The first-order valence-electron chi connectivity index (χ1n) is 8.29. The van der Waals surface area contributed by atoms with Crippen LogP contribution in [0.25, 0.3) is 0 Å². The Morgan fingerprint density at radius 3 is 1.96 bits per heavy atom. The summed E-state index contributed by atoms with van der Waals surface area (Å²) in [6, 6.07) is 18.9. The van der Waals surface area contributed by atoms with Gasteiger partial charge in [0.25, 0.3) is 5.91 Å². The minimum atomic E-state index is -0.442. The molecule has 0 saturated carbocycles. The van der Waals surface area contributed by atoms with Crippen molar-refractivity contribution in [1.82, 2.24) is 9.80 Å². The van der Waals surface area contributed by atoms with Gasteiger partial charge in [-0.2, -0.15) is 0 Å². The molecule has 0 N–H and O–H groups in total. The molecule has 1 atom stereocenters. The van der Waals surface area contributed by atoms with E-state index in [9.17, 15) is 9.59 Å². The Kier molecular flexibility index (Phi) is 4.65. The van der Waals surface area contributed by atoms with E-state index >= 15 is 0 Å². The van der Waals surface area contributed by atoms with Crippen molar-refractivity contribution in [2.24, 2.45) is 0 Å². The van der Waals surface area contributed by atoms with E-state index in [1.54, 1.807) is 4.90 Å². The van der Waals surface area contributed by atoms with Crippen LogP contribution in [0.1, 0.15) is 25.0 Å². The summed E-state index contributed by atoms with van der Waals surface area (Å²) < 4.78 is 0. The third kappa shape index (κ3) is 3.18. The van der Waals surface area contributed by atoms with Gasteiger partial charge in [0, 0.05) is 19.0 Å². The Hall–Kier alpha value is -2.62. The van der Waals surface area contributed by atoms with E-state index in [1.807, 2.05) is 74.5 Å². The molecule has 0 aromatic heterocycles. The maximum absolute atomic E-state index is 12.8. The summed E-state index contributed by atoms with van der Waals surface area (Å²) in [7, 11) is 0. The maximum atomic E-state index is 12.8. The monoisotopic (exact) mass is 322 g/mol. The number of benzene rings is 2. The number of imide groups is 1.